The van der Waals surface area contributed by atoms with Crippen LogP contribution < -0.4 is 11.1 Å². The highest BCUT2D eigenvalue weighted by Gasteiger charge is 2.17. The van der Waals surface area contributed by atoms with Crippen molar-refractivity contribution in [3.05, 3.63) is 35.4 Å². The highest BCUT2D eigenvalue weighted by Crippen LogP contribution is 2.23. The second-order valence-electron chi connectivity index (χ2n) is 5.06. The number of carbonyl (C=O) groups excluding carboxylic acids is 1. The average Bonchev–Trinajstić information content (AvgIpc) is 2.90. The predicted octanol–water partition coefficient (Wildman–Crippen LogP) is 2.11. The lowest BCUT2D eigenvalue weighted by atomic mass is 10.0. The fourth-order valence-corrected chi connectivity index (χ4v) is 2.66. The largest absolute Gasteiger partial charge is 0.352 e. The molecule has 0 aliphatic heterocycles. The van der Waals surface area contributed by atoms with Crippen LogP contribution in [0.1, 0.15) is 41.6 Å². The van der Waals surface area contributed by atoms with E-state index in [1.54, 1.807) is 0 Å². The molecule has 1 saturated carbocycles. The Morgan fingerprint density at radius 1 is 1.28 bits per heavy atom. The minimum absolute atomic E-state index is 0.0472. The SMILES string of the molecule is NCCc1ccccc1C(=O)NCC1CCCC1. The summed E-state index contributed by atoms with van der Waals surface area (Å²) in [5.41, 5.74) is 7.40. The lowest BCUT2D eigenvalue weighted by molar-refractivity contribution is 0.0946. The van der Waals surface area contributed by atoms with Crippen molar-refractivity contribution >= 4 is 5.91 Å². The minimum Gasteiger partial charge on any atom is -0.352 e. The van der Waals surface area contributed by atoms with E-state index in [9.17, 15) is 4.79 Å². The Hall–Kier alpha value is -1.35. The maximum atomic E-state index is 12.1. The Bertz CT molecular complexity index is 397. The first-order valence-electron chi connectivity index (χ1n) is 6.87. The third-order valence-electron chi connectivity index (χ3n) is 3.70. The molecule has 0 saturated heterocycles. The fourth-order valence-electron chi connectivity index (χ4n) is 2.66. The summed E-state index contributed by atoms with van der Waals surface area (Å²) in [7, 11) is 0. The van der Waals surface area contributed by atoms with Gasteiger partial charge in [0.25, 0.3) is 5.91 Å². The van der Waals surface area contributed by atoms with Crippen LogP contribution in [0, 0.1) is 5.92 Å². The maximum absolute atomic E-state index is 12.1. The van der Waals surface area contributed by atoms with Crippen LogP contribution in [0.15, 0.2) is 24.3 Å². The van der Waals surface area contributed by atoms with Crippen molar-refractivity contribution in [3.8, 4) is 0 Å². The van der Waals surface area contributed by atoms with Gasteiger partial charge >= 0.3 is 0 Å². The predicted molar refractivity (Wildman–Crippen MR) is 73.5 cm³/mol. The third kappa shape index (κ3) is 3.33. The monoisotopic (exact) mass is 246 g/mol. The number of carbonyl (C=O) groups is 1. The zero-order chi connectivity index (χ0) is 12.8. The molecule has 3 nitrogen and oxygen atoms in total. The van der Waals surface area contributed by atoms with Crippen molar-refractivity contribution in [2.45, 2.75) is 32.1 Å². The van der Waals surface area contributed by atoms with E-state index < -0.39 is 0 Å². The van der Waals surface area contributed by atoms with E-state index >= 15 is 0 Å². The zero-order valence-corrected chi connectivity index (χ0v) is 10.8. The molecule has 18 heavy (non-hydrogen) atoms. The fraction of sp³-hybridized carbons (Fsp3) is 0.533. The normalized spacial score (nSPS) is 15.8. The molecule has 1 aliphatic rings. The summed E-state index contributed by atoms with van der Waals surface area (Å²) in [6.45, 7) is 1.39. The summed E-state index contributed by atoms with van der Waals surface area (Å²) >= 11 is 0. The summed E-state index contributed by atoms with van der Waals surface area (Å²) in [6, 6.07) is 7.73. The lowest BCUT2D eigenvalue weighted by Crippen LogP contribution is -2.29. The highest BCUT2D eigenvalue weighted by molar-refractivity contribution is 5.95. The first-order valence-corrected chi connectivity index (χ1v) is 6.87. The number of amides is 1. The molecule has 3 heteroatoms. The van der Waals surface area contributed by atoms with Gasteiger partial charge in [0.1, 0.15) is 0 Å². The van der Waals surface area contributed by atoms with Crippen molar-refractivity contribution < 1.29 is 4.79 Å². The van der Waals surface area contributed by atoms with Gasteiger partial charge in [-0.05, 0) is 43.4 Å². The third-order valence-corrected chi connectivity index (χ3v) is 3.70. The van der Waals surface area contributed by atoms with Gasteiger partial charge in [-0.25, -0.2) is 0 Å². The molecule has 98 valence electrons. The van der Waals surface area contributed by atoms with Crippen molar-refractivity contribution in [2.75, 3.05) is 13.1 Å². The average molecular weight is 246 g/mol. The Balaban J connectivity index is 1.94. The molecule has 1 amide bonds. The molecule has 0 aromatic heterocycles. The van der Waals surface area contributed by atoms with Crippen molar-refractivity contribution in [1.29, 1.82) is 0 Å². The van der Waals surface area contributed by atoms with Crippen LogP contribution in [0.25, 0.3) is 0 Å². The molecule has 0 heterocycles. The number of hydrogen-bond donors (Lipinski definition) is 2. The standard InChI is InChI=1S/C15H22N2O/c16-10-9-13-7-3-4-8-14(13)15(18)17-11-12-5-1-2-6-12/h3-4,7-8,12H,1-2,5-6,9-11,16H2,(H,17,18). The molecular weight excluding hydrogens is 224 g/mol. The summed E-state index contributed by atoms with van der Waals surface area (Å²) < 4.78 is 0. The first kappa shape index (κ1) is 13.1. The summed E-state index contributed by atoms with van der Waals surface area (Å²) in [4.78, 5) is 12.1. The van der Waals surface area contributed by atoms with Gasteiger partial charge in [-0.2, -0.15) is 0 Å². The molecule has 0 bridgehead atoms. The van der Waals surface area contributed by atoms with E-state index in [4.69, 9.17) is 5.73 Å². The number of hydrogen-bond acceptors (Lipinski definition) is 2. The highest BCUT2D eigenvalue weighted by atomic mass is 16.1. The van der Waals surface area contributed by atoms with Crippen molar-refractivity contribution in [3.63, 3.8) is 0 Å². The number of benzene rings is 1. The van der Waals surface area contributed by atoms with Crippen molar-refractivity contribution in [1.82, 2.24) is 5.32 Å². The van der Waals surface area contributed by atoms with Crippen LogP contribution in [-0.2, 0) is 6.42 Å². The molecular formula is C15H22N2O. The molecule has 2 rings (SSSR count). The molecule has 0 spiro atoms. The second-order valence-corrected chi connectivity index (χ2v) is 5.06. The van der Waals surface area contributed by atoms with Crippen LogP contribution in [0.3, 0.4) is 0 Å². The second kappa shape index (κ2) is 6.55. The zero-order valence-electron chi connectivity index (χ0n) is 10.8. The molecule has 0 atom stereocenters. The summed E-state index contributed by atoms with van der Waals surface area (Å²) in [5, 5.41) is 3.06. The van der Waals surface area contributed by atoms with Gasteiger partial charge in [0.05, 0.1) is 0 Å². The van der Waals surface area contributed by atoms with E-state index in [2.05, 4.69) is 5.32 Å². The van der Waals surface area contributed by atoms with Crippen molar-refractivity contribution in [2.24, 2.45) is 11.7 Å². The Morgan fingerprint density at radius 2 is 2.00 bits per heavy atom. The molecule has 0 radical (unpaired) electrons. The van der Waals surface area contributed by atoms with Gasteiger partial charge in [-0.3, -0.25) is 4.79 Å². The van der Waals surface area contributed by atoms with Gasteiger partial charge < -0.3 is 11.1 Å². The summed E-state index contributed by atoms with van der Waals surface area (Å²) in [6.07, 6.45) is 5.89. The number of rotatable bonds is 5. The van der Waals surface area contributed by atoms with Crippen LogP contribution in [-0.4, -0.2) is 19.0 Å². The van der Waals surface area contributed by atoms with Crippen LogP contribution >= 0.6 is 0 Å². The van der Waals surface area contributed by atoms with Crippen LogP contribution in [0.2, 0.25) is 0 Å². The van der Waals surface area contributed by atoms with E-state index in [-0.39, 0.29) is 5.91 Å². The van der Waals surface area contributed by atoms with Gasteiger partial charge in [-0.15, -0.1) is 0 Å². The summed E-state index contributed by atoms with van der Waals surface area (Å²) in [5.74, 6) is 0.724. The minimum atomic E-state index is 0.0472. The molecule has 3 N–H and O–H groups in total. The molecule has 1 aromatic carbocycles. The van der Waals surface area contributed by atoms with E-state index in [0.29, 0.717) is 12.5 Å². The molecule has 0 unspecified atom stereocenters. The topological polar surface area (TPSA) is 55.1 Å². The first-order chi connectivity index (χ1) is 8.81. The van der Waals surface area contributed by atoms with Gasteiger partial charge in [-0.1, -0.05) is 31.0 Å². The van der Waals surface area contributed by atoms with Gasteiger partial charge in [0, 0.05) is 12.1 Å². The Labute approximate surface area is 109 Å². The van der Waals surface area contributed by atoms with E-state index in [1.807, 2.05) is 24.3 Å². The molecule has 1 fully saturated rings. The Morgan fingerprint density at radius 3 is 2.72 bits per heavy atom. The molecule has 1 aromatic rings. The van der Waals surface area contributed by atoms with Gasteiger partial charge in [0.2, 0.25) is 0 Å². The number of nitrogens with one attached hydrogen (secondary N) is 1. The van der Waals surface area contributed by atoms with Gasteiger partial charge in [0.15, 0.2) is 0 Å². The Kier molecular flexibility index (Phi) is 4.76. The maximum Gasteiger partial charge on any atom is 0.251 e. The van der Waals surface area contributed by atoms with Crippen LogP contribution in [0.5, 0.6) is 0 Å². The smallest absolute Gasteiger partial charge is 0.251 e. The molecule has 1 aliphatic carbocycles. The quantitative estimate of drug-likeness (QED) is 0.836. The van der Waals surface area contributed by atoms with E-state index in [1.165, 1.54) is 25.7 Å². The number of nitrogens with two attached hydrogens (primary N) is 1. The van der Waals surface area contributed by atoms with E-state index in [0.717, 1.165) is 24.1 Å². The van der Waals surface area contributed by atoms with Crippen LogP contribution in [0.4, 0.5) is 0 Å². The lowest BCUT2D eigenvalue weighted by Gasteiger charge is -2.12.